The highest BCUT2D eigenvalue weighted by Gasteiger charge is 2.26. The number of carbonyl (C=O) groups excluding carboxylic acids is 1. The summed E-state index contributed by atoms with van der Waals surface area (Å²) in [6.45, 7) is 10.8. The number of amides is 1. The van der Waals surface area contributed by atoms with E-state index >= 15 is 0 Å². The molecule has 1 fully saturated rings. The topological polar surface area (TPSA) is 53.6 Å². The van der Waals surface area contributed by atoms with Crippen LogP contribution in [0.4, 0.5) is 0 Å². The molecule has 1 rings (SSSR count). The highest BCUT2D eigenvalue weighted by atomic mass is 16.5. The first kappa shape index (κ1) is 17.1. The van der Waals surface area contributed by atoms with Crippen LogP contribution in [0, 0.1) is 5.92 Å². The van der Waals surface area contributed by atoms with E-state index in [-0.39, 0.29) is 11.9 Å². The van der Waals surface area contributed by atoms with Crippen molar-refractivity contribution in [3.05, 3.63) is 12.7 Å². The van der Waals surface area contributed by atoms with Gasteiger partial charge in [-0.2, -0.15) is 0 Å². The third-order valence-electron chi connectivity index (χ3n) is 3.81. The van der Waals surface area contributed by atoms with Crippen LogP contribution in [0.25, 0.3) is 0 Å². The molecule has 116 valence electrons. The van der Waals surface area contributed by atoms with Crippen molar-refractivity contribution in [1.29, 1.82) is 0 Å². The van der Waals surface area contributed by atoms with Crippen LogP contribution in [0.1, 0.15) is 19.8 Å². The fraction of sp³-hybridized carbons (Fsp3) is 0.800. The molecule has 0 radical (unpaired) electrons. The van der Waals surface area contributed by atoms with Gasteiger partial charge in [0.25, 0.3) is 0 Å². The maximum atomic E-state index is 12.0. The van der Waals surface area contributed by atoms with E-state index in [9.17, 15) is 4.79 Å². The van der Waals surface area contributed by atoms with Gasteiger partial charge in [0.15, 0.2) is 0 Å². The minimum absolute atomic E-state index is 0.0586. The monoisotopic (exact) mass is 283 g/mol. The largest absolute Gasteiger partial charge is 0.383 e. The lowest BCUT2D eigenvalue weighted by molar-refractivity contribution is -0.126. The van der Waals surface area contributed by atoms with E-state index in [1.807, 2.05) is 6.92 Å². The zero-order valence-electron chi connectivity index (χ0n) is 12.9. The van der Waals surface area contributed by atoms with Gasteiger partial charge in [0.05, 0.1) is 12.6 Å². The lowest BCUT2D eigenvalue weighted by Crippen LogP contribution is -2.50. The van der Waals surface area contributed by atoms with Gasteiger partial charge in [-0.15, -0.1) is 6.58 Å². The van der Waals surface area contributed by atoms with Crippen LogP contribution in [0.5, 0.6) is 0 Å². The highest BCUT2D eigenvalue weighted by Crippen LogP contribution is 2.18. The first-order valence-corrected chi connectivity index (χ1v) is 7.51. The first-order valence-electron chi connectivity index (χ1n) is 7.51. The number of nitrogens with one attached hydrogen (secondary N) is 2. The normalized spacial score (nSPS) is 21.4. The molecule has 2 unspecified atom stereocenters. The van der Waals surface area contributed by atoms with Crippen molar-refractivity contribution < 1.29 is 9.53 Å². The number of methoxy groups -OCH3 is 1. The molecule has 0 aromatic heterocycles. The molecule has 0 spiro atoms. The molecular weight excluding hydrogens is 254 g/mol. The Morgan fingerprint density at radius 1 is 1.60 bits per heavy atom. The van der Waals surface area contributed by atoms with E-state index in [0.29, 0.717) is 12.5 Å². The Kier molecular flexibility index (Phi) is 8.49. The van der Waals surface area contributed by atoms with Crippen LogP contribution in [-0.2, 0) is 9.53 Å². The lowest BCUT2D eigenvalue weighted by atomic mass is 9.96. The molecule has 0 aromatic carbocycles. The Hall–Kier alpha value is -0.910. The molecule has 5 nitrogen and oxygen atoms in total. The van der Waals surface area contributed by atoms with Crippen molar-refractivity contribution in [2.24, 2.45) is 5.92 Å². The zero-order valence-corrected chi connectivity index (χ0v) is 12.9. The van der Waals surface area contributed by atoms with Gasteiger partial charge in [-0.1, -0.05) is 6.08 Å². The summed E-state index contributed by atoms with van der Waals surface area (Å²) in [4.78, 5) is 14.3. The molecule has 2 atom stereocenters. The van der Waals surface area contributed by atoms with Crippen LogP contribution >= 0.6 is 0 Å². The van der Waals surface area contributed by atoms with Crippen LogP contribution in [0.3, 0.4) is 0 Å². The predicted octanol–water partition coefficient (Wildman–Crippen LogP) is 0.625. The molecule has 1 aliphatic heterocycles. The second-order valence-corrected chi connectivity index (χ2v) is 5.41. The molecule has 1 saturated heterocycles. The Labute approximate surface area is 122 Å². The quantitative estimate of drug-likeness (QED) is 0.481. The molecule has 2 N–H and O–H groups in total. The maximum absolute atomic E-state index is 12.0. The minimum atomic E-state index is -0.0586. The van der Waals surface area contributed by atoms with Crippen molar-refractivity contribution in [3.8, 4) is 0 Å². The average molecular weight is 283 g/mol. The van der Waals surface area contributed by atoms with Gasteiger partial charge in [-0.25, -0.2) is 0 Å². The van der Waals surface area contributed by atoms with E-state index in [2.05, 4.69) is 22.1 Å². The Morgan fingerprint density at radius 2 is 2.40 bits per heavy atom. The van der Waals surface area contributed by atoms with Gasteiger partial charge in [-0.05, 0) is 38.8 Å². The number of hydrogen-bond donors (Lipinski definition) is 2. The summed E-state index contributed by atoms with van der Waals surface area (Å²) >= 11 is 0. The highest BCUT2D eigenvalue weighted by molar-refractivity contribution is 5.81. The second kappa shape index (κ2) is 9.91. The molecule has 0 aliphatic carbocycles. The van der Waals surface area contributed by atoms with Crippen molar-refractivity contribution in [2.75, 3.05) is 46.4 Å². The smallest absolute Gasteiger partial charge is 0.237 e. The number of carbonyl (C=O) groups is 1. The van der Waals surface area contributed by atoms with Gasteiger partial charge in [0, 0.05) is 26.7 Å². The van der Waals surface area contributed by atoms with Crippen molar-refractivity contribution in [3.63, 3.8) is 0 Å². The molecule has 5 heteroatoms. The van der Waals surface area contributed by atoms with Crippen molar-refractivity contribution in [1.82, 2.24) is 15.5 Å². The van der Waals surface area contributed by atoms with Crippen molar-refractivity contribution in [2.45, 2.75) is 25.8 Å². The summed E-state index contributed by atoms with van der Waals surface area (Å²) in [6.07, 6.45) is 4.11. The van der Waals surface area contributed by atoms with E-state index in [4.69, 9.17) is 4.74 Å². The van der Waals surface area contributed by atoms with Gasteiger partial charge in [-0.3, -0.25) is 9.69 Å². The minimum Gasteiger partial charge on any atom is -0.383 e. The molecule has 1 amide bonds. The van der Waals surface area contributed by atoms with Crippen molar-refractivity contribution >= 4 is 5.91 Å². The number of rotatable bonds is 9. The molecule has 20 heavy (non-hydrogen) atoms. The SMILES string of the molecule is C=CCNC(=O)C(C)N1CCCC(CNCCOC)C1. The van der Waals surface area contributed by atoms with Crippen LogP contribution < -0.4 is 10.6 Å². The van der Waals surface area contributed by atoms with Crippen LogP contribution in [0.2, 0.25) is 0 Å². The number of ether oxygens (including phenoxy) is 1. The van der Waals surface area contributed by atoms with Gasteiger partial charge < -0.3 is 15.4 Å². The first-order chi connectivity index (χ1) is 9.69. The summed E-state index contributed by atoms with van der Waals surface area (Å²) in [5.74, 6) is 0.716. The van der Waals surface area contributed by atoms with Gasteiger partial charge >= 0.3 is 0 Å². The summed E-state index contributed by atoms with van der Waals surface area (Å²) in [5, 5.41) is 6.29. The molecule has 0 aromatic rings. The third-order valence-corrected chi connectivity index (χ3v) is 3.81. The van der Waals surface area contributed by atoms with Gasteiger partial charge in [0.2, 0.25) is 5.91 Å². The number of piperidine rings is 1. The summed E-state index contributed by atoms with van der Waals surface area (Å²) in [5.41, 5.74) is 0. The number of likely N-dealkylation sites (tertiary alicyclic amines) is 1. The molecule has 1 heterocycles. The lowest BCUT2D eigenvalue weighted by Gasteiger charge is -2.36. The Morgan fingerprint density at radius 3 is 3.10 bits per heavy atom. The fourth-order valence-electron chi connectivity index (χ4n) is 2.58. The summed E-state index contributed by atoms with van der Waals surface area (Å²) in [6, 6.07) is -0.0586. The second-order valence-electron chi connectivity index (χ2n) is 5.41. The van der Waals surface area contributed by atoms with E-state index in [0.717, 1.165) is 39.2 Å². The summed E-state index contributed by atoms with van der Waals surface area (Å²) in [7, 11) is 1.72. The van der Waals surface area contributed by atoms with Crippen LogP contribution in [-0.4, -0.2) is 63.3 Å². The third kappa shape index (κ3) is 6.03. The standard InChI is InChI=1S/C15H29N3O2/c1-4-7-17-15(19)13(2)18-9-5-6-14(12-18)11-16-8-10-20-3/h4,13-14,16H,1,5-12H2,2-3H3,(H,17,19). The average Bonchev–Trinajstić information content (AvgIpc) is 2.48. The Balaban J connectivity index is 2.31. The molecule has 1 aliphatic rings. The summed E-state index contributed by atoms with van der Waals surface area (Å²) < 4.78 is 5.03. The molecule has 0 saturated carbocycles. The zero-order chi connectivity index (χ0) is 14.8. The number of hydrogen-bond acceptors (Lipinski definition) is 4. The molecular formula is C15H29N3O2. The van der Waals surface area contributed by atoms with Crippen LogP contribution in [0.15, 0.2) is 12.7 Å². The van der Waals surface area contributed by atoms with E-state index in [1.165, 1.54) is 6.42 Å². The van der Waals surface area contributed by atoms with Gasteiger partial charge in [0.1, 0.15) is 0 Å². The predicted molar refractivity (Wildman–Crippen MR) is 81.7 cm³/mol. The molecule has 0 bridgehead atoms. The maximum Gasteiger partial charge on any atom is 0.237 e. The number of nitrogens with zero attached hydrogens (tertiary/aromatic N) is 1. The Bertz CT molecular complexity index is 297. The fourth-order valence-corrected chi connectivity index (χ4v) is 2.58. The van der Waals surface area contributed by atoms with E-state index < -0.39 is 0 Å². The van der Waals surface area contributed by atoms with E-state index in [1.54, 1.807) is 13.2 Å².